The van der Waals surface area contributed by atoms with Gasteiger partial charge in [-0.15, -0.1) is 0 Å². The van der Waals surface area contributed by atoms with E-state index in [2.05, 4.69) is 24.1 Å². The van der Waals surface area contributed by atoms with Gasteiger partial charge in [0.2, 0.25) is 5.91 Å². The van der Waals surface area contributed by atoms with E-state index >= 15 is 0 Å². The zero-order valence-electron chi connectivity index (χ0n) is 15.3. The number of ether oxygens (including phenoxy) is 1. The van der Waals surface area contributed by atoms with E-state index in [1.54, 1.807) is 0 Å². The lowest BCUT2D eigenvalue weighted by Gasteiger charge is -2.16. The number of imidazole rings is 1. The van der Waals surface area contributed by atoms with Crippen LogP contribution < -0.4 is 10.1 Å². The number of hydrogen-bond acceptors (Lipinski definition) is 3. The van der Waals surface area contributed by atoms with Gasteiger partial charge in [0.15, 0.2) is 0 Å². The number of fused-ring (bicyclic) bond motifs is 1. The summed E-state index contributed by atoms with van der Waals surface area (Å²) in [7, 11) is 0. The van der Waals surface area contributed by atoms with E-state index in [1.807, 2.05) is 59.2 Å². The average molecular weight is 351 g/mol. The van der Waals surface area contributed by atoms with Crippen molar-refractivity contribution < 1.29 is 9.53 Å². The van der Waals surface area contributed by atoms with Crippen LogP contribution >= 0.6 is 0 Å². The summed E-state index contributed by atoms with van der Waals surface area (Å²) < 4.78 is 7.79. The molecule has 136 valence electrons. The maximum Gasteiger partial charge on any atom is 0.240 e. The van der Waals surface area contributed by atoms with Gasteiger partial charge in [0, 0.05) is 6.04 Å². The Morgan fingerprint density at radius 1 is 1.08 bits per heavy atom. The molecule has 1 N–H and O–H groups in total. The zero-order chi connectivity index (χ0) is 18.4. The molecular weight excluding hydrogens is 326 g/mol. The van der Waals surface area contributed by atoms with Gasteiger partial charge in [0.1, 0.15) is 24.7 Å². The molecule has 1 aromatic heterocycles. The first kappa shape index (κ1) is 18.0. The molecule has 0 saturated carbocycles. The largest absolute Gasteiger partial charge is 0.486 e. The summed E-state index contributed by atoms with van der Waals surface area (Å²) in [6, 6.07) is 17.7. The predicted molar refractivity (Wildman–Crippen MR) is 103 cm³/mol. The minimum atomic E-state index is 0.00261. The molecule has 0 aliphatic rings. The highest BCUT2D eigenvalue weighted by atomic mass is 16.5. The monoisotopic (exact) mass is 351 g/mol. The quantitative estimate of drug-likeness (QED) is 0.669. The number of benzene rings is 2. The van der Waals surface area contributed by atoms with Gasteiger partial charge in [-0.05, 0) is 37.1 Å². The lowest BCUT2D eigenvalue weighted by atomic mass is 10.2. The van der Waals surface area contributed by atoms with E-state index in [4.69, 9.17) is 4.74 Å². The van der Waals surface area contributed by atoms with Gasteiger partial charge in [-0.25, -0.2) is 4.98 Å². The van der Waals surface area contributed by atoms with Crippen LogP contribution in [0.2, 0.25) is 0 Å². The van der Waals surface area contributed by atoms with Crippen molar-refractivity contribution in [2.45, 2.75) is 45.9 Å². The van der Waals surface area contributed by atoms with Crippen molar-refractivity contribution in [3.05, 3.63) is 60.4 Å². The van der Waals surface area contributed by atoms with Gasteiger partial charge >= 0.3 is 0 Å². The van der Waals surface area contributed by atoms with Gasteiger partial charge in [0.05, 0.1) is 11.0 Å². The van der Waals surface area contributed by atoms with Crippen molar-refractivity contribution in [3.8, 4) is 5.75 Å². The molecule has 3 aromatic rings. The van der Waals surface area contributed by atoms with E-state index in [9.17, 15) is 4.79 Å². The lowest BCUT2D eigenvalue weighted by Crippen LogP contribution is -2.36. The Balaban J connectivity index is 1.81. The Morgan fingerprint density at radius 2 is 1.77 bits per heavy atom. The number of rotatable bonds is 8. The highest BCUT2D eigenvalue weighted by Gasteiger charge is 2.15. The van der Waals surface area contributed by atoms with Crippen LogP contribution in [0.3, 0.4) is 0 Å². The minimum absolute atomic E-state index is 0.00261. The molecule has 5 heteroatoms. The molecule has 26 heavy (non-hydrogen) atoms. The first-order valence-corrected chi connectivity index (χ1v) is 9.12. The van der Waals surface area contributed by atoms with Crippen LogP contribution in [0.4, 0.5) is 0 Å². The van der Waals surface area contributed by atoms with Crippen molar-refractivity contribution in [1.29, 1.82) is 0 Å². The fourth-order valence-electron chi connectivity index (χ4n) is 2.99. The van der Waals surface area contributed by atoms with E-state index in [0.717, 1.165) is 35.4 Å². The third kappa shape index (κ3) is 4.23. The highest BCUT2D eigenvalue weighted by Crippen LogP contribution is 2.18. The summed E-state index contributed by atoms with van der Waals surface area (Å²) in [5, 5.41) is 3.09. The molecule has 1 heterocycles. The highest BCUT2D eigenvalue weighted by molar-refractivity contribution is 5.81. The Hall–Kier alpha value is -2.82. The predicted octanol–water partition coefficient (Wildman–Crippen LogP) is 3.92. The topological polar surface area (TPSA) is 56.2 Å². The van der Waals surface area contributed by atoms with E-state index in [1.165, 1.54) is 0 Å². The minimum Gasteiger partial charge on any atom is -0.486 e. The van der Waals surface area contributed by atoms with Crippen LogP contribution in [0.15, 0.2) is 54.6 Å². The number of hydrogen-bond donors (Lipinski definition) is 1. The second kappa shape index (κ2) is 8.52. The van der Waals surface area contributed by atoms with E-state index < -0.39 is 0 Å². The summed E-state index contributed by atoms with van der Waals surface area (Å²) in [6.45, 7) is 4.72. The van der Waals surface area contributed by atoms with Gasteiger partial charge < -0.3 is 14.6 Å². The van der Waals surface area contributed by atoms with Crippen LogP contribution in [-0.2, 0) is 17.9 Å². The molecule has 0 aliphatic heterocycles. The molecule has 0 atom stereocenters. The molecule has 1 amide bonds. The van der Waals surface area contributed by atoms with Crippen LogP contribution in [0.1, 0.15) is 32.5 Å². The van der Waals surface area contributed by atoms with Crippen molar-refractivity contribution >= 4 is 16.9 Å². The first-order chi connectivity index (χ1) is 12.7. The zero-order valence-corrected chi connectivity index (χ0v) is 15.3. The average Bonchev–Trinajstić information content (AvgIpc) is 3.03. The molecular formula is C21H25N3O2. The molecule has 0 saturated heterocycles. The number of amides is 1. The van der Waals surface area contributed by atoms with Crippen molar-refractivity contribution in [2.24, 2.45) is 0 Å². The second-order valence-corrected chi connectivity index (χ2v) is 6.29. The Labute approximate surface area is 154 Å². The maximum absolute atomic E-state index is 12.5. The van der Waals surface area contributed by atoms with Crippen molar-refractivity contribution in [3.63, 3.8) is 0 Å². The normalized spacial score (nSPS) is 11.0. The number of nitrogens with one attached hydrogen (secondary N) is 1. The third-order valence-electron chi connectivity index (χ3n) is 4.50. The molecule has 5 nitrogen and oxygen atoms in total. The molecule has 2 aromatic carbocycles. The molecule has 0 aliphatic carbocycles. The molecule has 0 spiro atoms. The molecule has 0 radical (unpaired) electrons. The standard InChI is InChI=1S/C21H25N3O2/c1-3-16(4-2)22-21(25)14-24-19-13-9-8-12-18(19)23-20(24)15-26-17-10-6-5-7-11-17/h5-13,16H,3-4,14-15H2,1-2H3,(H,22,25). The van der Waals surface area contributed by atoms with Crippen molar-refractivity contribution in [1.82, 2.24) is 14.9 Å². The van der Waals surface area contributed by atoms with Gasteiger partial charge in [-0.3, -0.25) is 4.79 Å². The number of para-hydroxylation sites is 3. The molecule has 0 bridgehead atoms. The Kier molecular flexibility index (Phi) is 5.89. The SMILES string of the molecule is CCC(CC)NC(=O)Cn1c(COc2ccccc2)nc2ccccc21. The summed E-state index contributed by atoms with van der Waals surface area (Å²) in [4.78, 5) is 17.2. The summed E-state index contributed by atoms with van der Waals surface area (Å²) >= 11 is 0. The second-order valence-electron chi connectivity index (χ2n) is 6.29. The first-order valence-electron chi connectivity index (χ1n) is 9.12. The number of nitrogens with zero attached hydrogens (tertiary/aromatic N) is 2. The summed E-state index contributed by atoms with van der Waals surface area (Å²) in [5.41, 5.74) is 1.81. The smallest absolute Gasteiger partial charge is 0.240 e. The number of aromatic nitrogens is 2. The number of carbonyl (C=O) groups is 1. The Bertz CT molecular complexity index is 854. The van der Waals surface area contributed by atoms with Gasteiger partial charge in [0.25, 0.3) is 0 Å². The lowest BCUT2D eigenvalue weighted by molar-refractivity contribution is -0.122. The van der Waals surface area contributed by atoms with Crippen LogP contribution in [0.25, 0.3) is 11.0 Å². The fourth-order valence-corrected chi connectivity index (χ4v) is 2.99. The van der Waals surface area contributed by atoms with Crippen LogP contribution in [0.5, 0.6) is 5.75 Å². The molecule has 0 fully saturated rings. The number of carbonyl (C=O) groups excluding carboxylic acids is 1. The fraction of sp³-hybridized carbons (Fsp3) is 0.333. The van der Waals surface area contributed by atoms with Crippen LogP contribution in [-0.4, -0.2) is 21.5 Å². The van der Waals surface area contributed by atoms with Gasteiger partial charge in [-0.2, -0.15) is 0 Å². The summed E-state index contributed by atoms with van der Waals surface area (Å²) in [6.07, 6.45) is 1.85. The van der Waals surface area contributed by atoms with Crippen LogP contribution in [0, 0.1) is 0 Å². The van der Waals surface area contributed by atoms with E-state index in [0.29, 0.717) is 6.61 Å². The van der Waals surface area contributed by atoms with E-state index in [-0.39, 0.29) is 18.5 Å². The van der Waals surface area contributed by atoms with Gasteiger partial charge in [-0.1, -0.05) is 44.2 Å². The summed E-state index contributed by atoms with van der Waals surface area (Å²) in [5.74, 6) is 1.53. The van der Waals surface area contributed by atoms with Crippen molar-refractivity contribution in [2.75, 3.05) is 0 Å². The maximum atomic E-state index is 12.5. The molecule has 0 unspecified atom stereocenters. The Morgan fingerprint density at radius 3 is 2.50 bits per heavy atom. The third-order valence-corrected chi connectivity index (χ3v) is 4.50. The molecule has 3 rings (SSSR count).